The molecule has 0 radical (unpaired) electrons. The SMILES string of the molecule is NCC(CN)C(CO)CO. The molecule has 6 N–H and O–H groups in total. The van der Waals surface area contributed by atoms with Gasteiger partial charge in [0.15, 0.2) is 0 Å². The molecule has 0 aromatic rings. The first-order valence-corrected chi connectivity index (χ1v) is 3.42. The zero-order valence-electron chi connectivity index (χ0n) is 6.03. The number of hydrogen-bond donors (Lipinski definition) is 4. The van der Waals surface area contributed by atoms with E-state index in [-0.39, 0.29) is 25.0 Å². The molecular formula is C6H16N2O2. The van der Waals surface area contributed by atoms with Gasteiger partial charge >= 0.3 is 0 Å². The van der Waals surface area contributed by atoms with E-state index >= 15 is 0 Å². The highest BCUT2D eigenvalue weighted by Gasteiger charge is 2.16. The van der Waals surface area contributed by atoms with Gasteiger partial charge in [0.2, 0.25) is 0 Å². The summed E-state index contributed by atoms with van der Waals surface area (Å²) in [5, 5.41) is 17.4. The molecule has 0 amide bonds. The predicted molar refractivity (Wildman–Crippen MR) is 39.3 cm³/mol. The first-order chi connectivity index (χ1) is 4.79. The number of aliphatic hydroxyl groups is 2. The van der Waals surface area contributed by atoms with Crippen molar-refractivity contribution in [2.45, 2.75) is 0 Å². The molecule has 0 fully saturated rings. The molecule has 0 bridgehead atoms. The van der Waals surface area contributed by atoms with Gasteiger partial charge in [0, 0.05) is 19.1 Å². The van der Waals surface area contributed by atoms with E-state index in [4.69, 9.17) is 21.7 Å². The molecular weight excluding hydrogens is 132 g/mol. The van der Waals surface area contributed by atoms with Crippen LogP contribution in [-0.4, -0.2) is 36.5 Å². The van der Waals surface area contributed by atoms with Crippen LogP contribution in [-0.2, 0) is 0 Å². The number of hydrogen-bond acceptors (Lipinski definition) is 4. The normalized spacial score (nSPS) is 11.4. The molecule has 0 unspecified atom stereocenters. The van der Waals surface area contributed by atoms with Gasteiger partial charge in [-0.3, -0.25) is 0 Å². The molecule has 0 aliphatic rings. The Hall–Kier alpha value is -0.160. The smallest absolute Gasteiger partial charge is 0.0484 e. The molecule has 0 spiro atoms. The zero-order valence-corrected chi connectivity index (χ0v) is 6.03. The molecule has 62 valence electrons. The van der Waals surface area contributed by atoms with Crippen LogP contribution in [0.1, 0.15) is 0 Å². The van der Waals surface area contributed by atoms with Gasteiger partial charge in [-0.1, -0.05) is 0 Å². The highest BCUT2D eigenvalue weighted by Crippen LogP contribution is 2.06. The molecule has 0 heterocycles. The minimum absolute atomic E-state index is 0.0370. The lowest BCUT2D eigenvalue weighted by Crippen LogP contribution is -2.34. The Morgan fingerprint density at radius 1 is 0.900 bits per heavy atom. The van der Waals surface area contributed by atoms with Crippen molar-refractivity contribution in [3.8, 4) is 0 Å². The molecule has 0 aromatic heterocycles. The van der Waals surface area contributed by atoms with Crippen molar-refractivity contribution in [3.63, 3.8) is 0 Å². The molecule has 0 atom stereocenters. The summed E-state index contributed by atoms with van der Waals surface area (Å²) >= 11 is 0. The van der Waals surface area contributed by atoms with Gasteiger partial charge in [0.1, 0.15) is 0 Å². The fourth-order valence-electron chi connectivity index (χ4n) is 0.837. The van der Waals surface area contributed by atoms with Crippen molar-refractivity contribution in [1.29, 1.82) is 0 Å². The van der Waals surface area contributed by atoms with Crippen LogP contribution < -0.4 is 11.5 Å². The highest BCUT2D eigenvalue weighted by atomic mass is 16.3. The molecule has 0 rings (SSSR count). The average Bonchev–Trinajstić information content (AvgIpc) is 2.00. The van der Waals surface area contributed by atoms with Gasteiger partial charge in [-0.2, -0.15) is 0 Å². The van der Waals surface area contributed by atoms with Crippen LogP contribution in [0.2, 0.25) is 0 Å². The summed E-state index contributed by atoms with van der Waals surface area (Å²) in [7, 11) is 0. The van der Waals surface area contributed by atoms with Crippen LogP contribution in [0.25, 0.3) is 0 Å². The maximum atomic E-state index is 8.69. The molecule has 0 saturated carbocycles. The quantitative estimate of drug-likeness (QED) is 0.367. The zero-order chi connectivity index (χ0) is 7.98. The summed E-state index contributed by atoms with van der Waals surface area (Å²) < 4.78 is 0. The minimum atomic E-state index is -0.157. The third-order valence-corrected chi connectivity index (χ3v) is 1.74. The van der Waals surface area contributed by atoms with Gasteiger partial charge in [-0.05, 0) is 19.0 Å². The van der Waals surface area contributed by atoms with E-state index in [0.717, 1.165) is 0 Å². The molecule has 0 aliphatic heterocycles. The standard InChI is InChI=1S/C6H16N2O2/c7-1-5(2-8)6(3-9)4-10/h5-6,9-10H,1-4,7-8H2. The number of aliphatic hydroxyl groups excluding tert-OH is 2. The topological polar surface area (TPSA) is 92.5 Å². The Balaban J connectivity index is 3.70. The summed E-state index contributed by atoms with van der Waals surface area (Å²) in [4.78, 5) is 0. The van der Waals surface area contributed by atoms with Crippen LogP contribution in [0.3, 0.4) is 0 Å². The van der Waals surface area contributed by atoms with Gasteiger partial charge in [-0.15, -0.1) is 0 Å². The maximum Gasteiger partial charge on any atom is 0.0484 e. The number of rotatable bonds is 5. The van der Waals surface area contributed by atoms with Crippen molar-refractivity contribution in [1.82, 2.24) is 0 Å². The summed E-state index contributed by atoms with van der Waals surface area (Å²) in [6, 6.07) is 0. The fraction of sp³-hybridized carbons (Fsp3) is 1.00. The second-order valence-corrected chi connectivity index (χ2v) is 2.36. The highest BCUT2D eigenvalue weighted by molar-refractivity contribution is 4.69. The molecule has 4 nitrogen and oxygen atoms in total. The van der Waals surface area contributed by atoms with Crippen LogP contribution in [0.15, 0.2) is 0 Å². The molecule has 10 heavy (non-hydrogen) atoms. The van der Waals surface area contributed by atoms with Gasteiger partial charge in [0.05, 0.1) is 0 Å². The lowest BCUT2D eigenvalue weighted by molar-refractivity contribution is 0.111. The van der Waals surface area contributed by atoms with E-state index in [9.17, 15) is 0 Å². The number of nitrogens with two attached hydrogens (primary N) is 2. The second-order valence-electron chi connectivity index (χ2n) is 2.36. The van der Waals surface area contributed by atoms with E-state index in [0.29, 0.717) is 13.1 Å². The van der Waals surface area contributed by atoms with Gasteiger partial charge in [0.25, 0.3) is 0 Å². The van der Waals surface area contributed by atoms with Gasteiger partial charge in [-0.25, -0.2) is 0 Å². The van der Waals surface area contributed by atoms with E-state index in [1.807, 2.05) is 0 Å². The fourth-order valence-corrected chi connectivity index (χ4v) is 0.837. The summed E-state index contributed by atoms with van der Waals surface area (Å²) in [5.41, 5.74) is 10.7. The van der Waals surface area contributed by atoms with Crippen molar-refractivity contribution in [2.24, 2.45) is 23.3 Å². The van der Waals surface area contributed by atoms with Crippen LogP contribution in [0.4, 0.5) is 0 Å². The van der Waals surface area contributed by atoms with Crippen LogP contribution in [0, 0.1) is 11.8 Å². The summed E-state index contributed by atoms with van der Waals surface area (Å²) in [6.07, 6.45) is 0. The predicted octanol–water partition coefficient (Wildman–Crippen LogP) is -1.88. The van der Waals surface area contributed by atoms with E-state index in [1.165, 1.54) is 0 Å². The second kappa shape index (κ2) is 5.61. The maximum absolute atomic E-state index is 8.69. The monoisotopic (exact) mass is 148 g/mol. The molecule has 0 aromatic carbocycles. The van der Waals surface area contributed by atoms with Crippen molar-refractivity contribution >= 4 is 0 Å². The van der Waals surface area contributed by atoms with E-state index in [1.54, 1.807) is 0 Å². The Morgan fingerprint density at radius 3 is 1.40 bits per heavy atom. The molecule has 4 heteroatoms. The lowest BCUT2D eigenvalue weighted by Gasteiger charge is -2.19. The lowest BCUT2D eigenvalue weighted by atomic mass is 9.94. The van der Waals surface area contributed by atoms with Crippen molar-refractivity contribution in [3.05, 3.63) is 0 Å². The average molecular weight is 148 g/mol. The Labute approximate surface area is 60.8 Å². The Kier molecular flexibility index (Phi) is 5.52. The summed E-state index contributed by atoms with van der Waals surface area (Å²) in [6.45, 7) is 0.746. The summed E-state index contributed by atoms with van der Waals surface area (Å²) in [5.74, 6) is -0.120. The first kappa shape index (κ1) is 9.84. The largest absolute Gasteiger partial charge is 0.396 e. The van der Waals surface area contributed by atoms with Crippen molar-refractivity contribution in [2.75, 3.05) is 26.3 Å². The molecule has 0 aliphatic carbocycles. The van der Waals surface area contributed by atoms with Crippen LogP contribution >= 0.6 is 0 Å². The molecule has 0 saturated heterocycles. The van der Waals surface area contributed by atoms with Crippen LogP contribution in [0.5, 0.6) is 0 Å². The van der Waals surface area contributed by atoms with Crippen molar-refractivity contribution < 1.29 is 10.2 Å². The Morgan fingerprint density at radius 2 is 1.30 bits per heavy atom. The third kappa shape index (κ3) is 2.62. The van der Waals surface area contributed by atoms with Gasteiger partial charge < -0.3 is 21.7 Å². The minimum Gasteiger partial charge on any atom is -0.396 e. The van der Waals surface area contributed by atoms with E-state index in [2.05, 4.69) is 0 Å². The van der Waals surface area contributed by atoms with E-state index < -0.39 is 0 Å². The Bertz CT molecular complexity index is 62.1. The first-order valence-electron chi connectivity index (χ1n) is 3.42. The third-order valence-electron chi connectivity index (χ3n) is 1.74.